The topological polar surface area (TPSA) is 0 Å². The number of halogens is 2. The van der Waals surface area contributed by atoms with Crippen LogP contribution in [0.15, 0.2) is 40.2 Å². The minimum atomic E-state index is 0.780. The molecular weight excluding hydrogens is 268 g/mol. The SMILES string of the molecule is Clc1cccc(-c2cc(Br)cs2)c1. The fourth-order valence-electron chi connectivity index (χ4n) is 1.11. The number of rotatable bonds is 1. The van der Waals surface area contributed by atoms with Crippen LogP contribution in [-0.4, -0.2) is 0 Å². The highest BCUT2D eigenvalue weighted by molar-refractivity contribution is 9.10. The first-order valence-corrected chi connectivity index (χ1v) is 5.81. The maximum Gasteiger partial charge on any atom is 0.0412 e. The molecule has 13 heavy (non-hydrogen) atoms. The molecule has 0 N–H and O–H groups in total. The molecule has 0 fully saturated rings. The van der Waals surface area contributed by atoms with E-state index in [2.05, 4.69) is 33.4 Å². The molecule has 0 radical (unpaired) electrons. The van der Waals surface area contributed by atoms with Gasteiger partial charge >= 0.3 is 0 Å². The number of benzene rings is 1. The van der Waals surface area contributed by atoms with Gasteiger partial charge < -0.3 is 0 Å². The molecule has 1 aromatic carbocycles. The summed E-state index contributed by atoms with van der Waals surface area (Å²) >= 11 is 11.0. The normalized spacial score (nSPS) is 10.3. The number of thiophene rings is 1. The first kappa shape index (κ1) is 9.25. The van der Waals surface area contributed by atoms with Crippen LogP contribution in [0.3, 0.4) is 0 Å². The second kappa shape index (κ2) is 3.82. The Morgan fingerprint density at radius 3 is 2.69 bits per heavy atom. The molecule has 1 aromatic heterocycles. The van der Waals surface area contributed by atoms with Crippen LogP contribution in [0.5, 0.6) is 0 Å². The highest BCUT2D eigenvalue weighted by Gasteiger charge is 2.00. The van der Waals surface area contributed by atoms with Gasteiger partial charge in [0, 0.05) is 19.8 Å². The number of hydrogen-bond acceptors (Lipinski definition) is 1. The van der Waals surface area contributed by atoms with E-state index in [1.54, 1.807) is 11.3 Å². The minimum absolute atomic E-state index is 0.780. The molecule has 0 spiro atoms. The molecular formula is C10H6BrClS. The second-order valence-corrected chi connectivity index (χ2v) is 4.90. The molecule has 1 heterocycles. The molecule has 0 saturated heterocycles. The summed E-state index contributed by atoms with van der Waals surface area (Å²) in [5.74, 6) is 0. The summed E-state index contributed by atoms with van der Waals surface area (Å²) in [5.41, 5.74) is 1.17. The summed E-state index contributed by atoms with van der Waals surface area (Å²) in [6.45, 7) is 0. The lowest BCUT2D eigenvalue weighted by Gasteiger charge is -1.96. The third-order valence-electron chi connectivity index (χ3n) is 1.68. The van der Waals surface area contributed by atoms with E-state index >= 15 is 0 Å². The van der Waals surface area contributed by atoms with Crippen LogP contribution in [0.25, 0.3) is 10.4 Å². The zero-order valence-corrected chi connectivity index (χ0v) is 9.79. The summed E-state index contributed by atoms with van der Waals surface area (Å²) in [4.78, 5) is 1.23. The molecule has 0 aliphatic heterocycles. The highest BCUT2D eigenvalue weighted by atomic mass is 79.9. The van der Waals surface area contributed by atoms with Crippen LogP contribution < -0.4 is 0 Å². The van der Waals surface area contributed by atoms with Crippen LogP contribution in [-0.2, 0) is 0 Å². The van der Waals surface area contributed by atoms with Crippen LogP contribution >= 0.6 is 38.9 Å². The van der Waals surface area contributed by atoms with Gasteiger partial charge in [0.05, 0.1) is 0 Å². The summed E-state index contributed by atoms with van der Waals surface area (Å²) in [6, 6.07) is 9.97. The average molecular weight is 274 g/mol. The first-order chi connectivity index (χ1) is 6.25. The Labute approximate surface area is 94.3 Å². The Balaban J connectivity index is 2.46. The number of hydrogen-bond donors (Lipinski definition) is 0. The van der Waals surface area contributed by atoms with Crippen LogP contribution in [0.2, 0.25) is 5.02 Å². The van der Waals surface area contributed by atoms with Crippen LogP contribution in [0.1, 0.15) is 0 Å². The van der Waals surface area contributed by atoms with Crippen molar-refractivity contribution in [1.29, 1.82) is 0 Å². The largest absolute Gasteiger partial charge is 0.143 e. The van der Waals surface area contributed by atoms with Crippen molar-refractivity contribution in [2.75, 3.05) is 0 Å². The van der Waals surface area contributed by atoms with Crippen LogP contribution in [0.4, 0.5) is 0 Å². The molecule has 0 aliphatic rings. The Hall–Kier alpha value is -0.310. The molecule has 0 nitrogen and oxygen atoms in total. The average Bonchev–Trinajstić information content (AvgIpc) is 2.52. The fraction of sp³-hybridized carbons (Fsp3) is 0. The van der Waals surface area contributed by atoms with Gasteiger partial charge in [-0.15, -0.1) is 11.3 Å². The lowest BCUT2D eigenvalue weighted by Crippen LogP contribution is -1.70. The monoisotopic (exact) mass is 272 g/mol. The molecule has 0 aliphatic carbocycles. The quantitative estimate of drug-likeness (QED) is 0.698. The van der Waals surface area contributed by atoms with E-state index in [0.717, 1.165) is 9.50 Å². The lowest BCUT2D eigenvalue weighted by molar-refractivity contribution is 1.69. The first-order valence-electron chi connectivity index (χ1n) is 3.76. The van der Waals surface area contributed by atoms with Crippen molar-refractivity contribution in [3.05, 3.63) is 45.2 Å². The Bertz CT molecular complexity index is 422. The maximum atomic E-state index is 5.89. The van der Waals surface area contributed by atoms with Gasteiger partial charge in [0.1, 0.15) is 0 Å². The van der Waals surface area contributed by atoms with Crippen molar-refractivity contribution >= 4 is 38.9 Å². The van der Waals surface area contributed by atoms with E-state index in [1.165, 1.54) is 10.4 Å². The summed E-state index contributed by atoms with van der Waals surface area (Å²) in [7, 11) is 0. The molecule has 0 atom stereocenters. The predicted molar refractivity (Wildman–Crippen MR) is 62.5 cm³/mol. The predicted octanol–water partition coefficient (Wildman–Crippen LogP) is 4.83. The molecule has 2 rings (SSSR count). The molecule has 0 amide bonds. The minimum Gasteiger partial charge on any atom is -0.143 e. The summed E-state index contributed by atoms with van der Waals surface area (Å²) in [6.07, 6.45) is 0. The van der Waals surface area contributed by atoms with E-state index in [1.807, 2.05) is 18.2 Å². The van der Waals surface area contributed by atoms with E-state index < -0.39 is 0 Å². The molecule has 0 saturated carbocycles. The van der Waals surface area contributed by atoms with Gasteiger partial charge in [0.2, 0.25) is 0 Å². The van der Waals surface area contributed by atoms with Crippen molar-refractivity contribution in [1.82, 2.24) is 0 Å². The highest BCUT2D eigenvalue weighted by Crippen LogP contribution is 2.30. The van der Waals surface area contributed by atoms with Gasteiger partial charge in [-0.25, -0.2) is 0 Å². The van der Waals surface area contributed by atoms with Gasteiger partial charge in [-0.1, -0.05) is 23.7 Å². The van der Waals surface area contributed by atoms with Crippen LogP contribution in [0, 0.1) is 0 Å². The standard InChI is InChI=1S/C10H6BrClS/c11-8-5-10(13-6-8)7-2-1-3-9(12)4-7/h1-6H. The molecule has 3 heteroatoms. The van der Waals surface area contributed by atoms with E-state index in [0.29, 0.717) is 0 Å². The van der Waals surface area contributed by atoms with Crippen molar-refractivity contribution in [3.8, 4) is 10.4 Å². The van der Waals surface area contributed by atoms with Crippen molar-refractivity contribution in [3.63, 3.8) is 0 Å². The van der Waals surface area contributed by atoms with Gasteiger partial charge in [0.15, 0.2) is 0 Å². The lowest BCUT2D eigenvalue weighted by atomic mass is 10.2. The summed E-state index contributed by atoms with van der Waals surface area (Å²) < 4.78 is 1.12. The second-order valence-electron chi connectivity index (χ2n) is 2.64. The third kappa shape index (κ3) is 2.13. The zero-order chi connectivity index (χ0) is 9.26. The maximum absolute atomic E-state index is 5.89. The third-order valence-corrected chi connectivity index (χ3v) is 3.65. The summed E-state index contributed by atoms with van der Waals surface area (Å²) in [5, 5.41) is 2.85. The van der Waals surface area contributed by atoms with E-state index in [-0.39, 0.29) is 0 Å². The fourth-order valence-corrected chi connectivity index (χ4v) is 2.72. The molecule has 0 bridgehead atoms. The zero-order valence-electron chi connectivity index (χ0n) is 6.63. The molecule has 66 valence electrons. The van der Waals surface area contributed by atoms with Gasteiger partial charge in [-0.2, -0.15) is 0 Å². The van der Waals surface area contributed by atoms with E-state index in [9.17, 15) is 0 Å². The Morgan fingerprint density at radius 2 is 2.08 bits per heavy atom. The molecule has 0 unspecified atom stereocenters. The van der Waals surface area contributed by atoms with Crippen molar-refractivity contribution in [2.24, 2.45) is 0 Å². The van der Waals surface area contributed by atoms with Gasteiger partial charge in [0.25, 0.3) is 0 Å². The Morgan fingerprint density at radius 1 is 1.23 bits per heavy atom. The van der Waals surface area contributed by atoms with Crippen molar-refractivity contribution < 1.29 is 0 Å². The Kier molecular flexibility index (Phi) is 2.72. The van der Waals surface area contributed by atoms with E-state index in [4.69, 9.17) is 11.6 Å². The van der Waals surface area contributed by atoms with Gasteiger partial charge in [-0.3, -0.25) is 0 Å². The van der Waals surface area contributed by atoms with Crippen molar-refractivity contribution in [2.45, 2.75) is 0 Å². The van der Waals surface area contributed by atoms with Gasteiger partial charge in [-0.05, 0) is 39.7 Å². The smallest absolute Gasteiger partial charge is 0.0412 e. The molecule has 2 aromatic rings.